The first-order chi connectivity index (χ1) is 18.9. The minimum Gasteiger partial charge on any atom is -0.493 e. The normalized spacial score (nSPS) is 11.4. The van der Waals surface area contributed by atoms with Crippen molar-refractivity contribution in [2.24, 2.45) is 0 Å². The number of carbonyl (C=O) groups is 1. The Hall–Kier alpha value is -4.79. The standard InChI is InChI=1S/C30H23F3N4O2/c31-30(32,33)28-18-26(24-9-5-14-34-20-24)36-37(28)29-12-11-22(19-35-29)16-27(38)23-8-4-10-25(17-23)39-15-13-21-6-2-1-3-7-21/h1-12,14,17-20H,13,15-16H2. The molecule has 6 nitrogen and oxygen atoms in total. The summed E-state index contributed by atoms with van der Waals surface area (Å²) in [5.74, 6) is 0.419. The van der Waals surface area contributed by atoms with Gasteiger partial charge in [-0.2, -0.15) is 18.3 Å². The molecule has 0 bridgehead atoms. The van der Waals surface area contributed by atoms with Crippen molar-refractivity contribution in [3.8, 4) is 22.8 Å². The van der Waals surface area contributed by atoms with Gasteiger partial charge in [-0.05, 0) is 47.5 Å². The summed E-state index contributed by atoms with van der Waals surface area (Å²) in [6.45, 7) is 0.475. The first-order valence-corrected chi connectivity index (χ1v) is 12.2. The van der Waals surface area contributed by atoms with Crippen LogP contribution in [0.4, 0.5) is 13.2 Å². The summed E-state index contributed by atoms with van der Waals surface area (Å²) < 4.78 is 47.8. The van der Waals surface area contributed by atoms with Crippen molar-refractivity contribution in [3.63, 3.8) is 0 Å². The summed E-state index contributed by atoms with van der Waals surface area (Å²) in [5, 5.41) is 4.12. The number of benzene rings is 2. The lowest BCUT2D eigenvalue weighted by Crippen LogP contribution is -2.14. The number of Topliss-reactive ketones (excluding diaryl/α,β-unsaturated/α-hetero) is 1. The second-order valence-electron chi connectivity index (χ2n) is 8.80. The van der Waals surface area contributed by atoms with Gasteiger partial charge in [0.1, 0.15) is 5.75 Å². The van der Waals surface area contributed by atoms with E-state index in [1.165, 1.54) is 24.7 Å². The highest BCUT2D eigenvalue weighted by atomic mass is 19.4. The van der Waals surface area contributed by atoms with E-state index in [-0.39, 0.29) is 23.7 Å². The van der Waals surface area contributed by atoms with Gasteiger partial charge in [-0.3, -0.25) is 9.78 Å². The van der Waals surface area contributed by atoms with Crippen LogP contribution in [-0.2, 0) is 19.0 Å². The summed E-state index contributed by atoms with van der Waals surface area (Å²) in [4.78, 5) is 21.0. The molecule has 0 aliphatic rings. The van der Waals surface area contributed by atoms with E-state index in [9.17, 15) is 18.0 Å². The molecule has 0 spiro atoms. The van der Waals surface area contributed by atoms with E-state index in [1.54, 1.807) is 42.5 Å². The summed E-state index contributed by atoms with van der Waals surface area (Å²) >= 11 is 0. The summed E-state index contributed by atoms with van der Waals surface area (Å²) in [6.07, 6.45) is 0.497. The maximum atomic E-state index is 13.7. The molecule has 3 heterocycles. The number of alkyl halides is 3. The average molecular weight is 529 g/mol. The predicted octanol–water partition coefficient (Wildman–Crippen LogP) is 6.40. The lowest BCUT2D eigenvalue weighted by molar-refractivity contribution is -0.142. The van der Waals surface area contributed by atoms with Crippen LogP contribution in [0.3, 0.4) is 0 Å². The molecule has 0 aliphatic heterocycles. The van der Waals surface area contributed by atoms with Crippen LogP contribution in [0.5, 0.6) is 5.75 Å². The van der Waals surface area contributed by atoms with Crippen molar-refractivity contribution >= 4 is 5.78 Å². The van der Waals surface area contributed by atoms with Gasteiger partial charge in [0, 0.05) is 42.6 Å². The number of carbonyl (C=O) groups excluding carboxylic acids is 1. The van der Waals surface area contributed by atoms with E-state index in [4.69, 9.17) is 4.74 Å². The number of aromatic nitrogens is 4. The molecule has 39 heavy (non-hydrogen) atoms. The van der Waals surface area contributed by atoms with Crippen LogP contribution in [0, 0.1) is 0 Å². The largest absolute Gasteiger partial charge is 0.493 e. The maximum absolute atomic E-state index is 13.7. The number of ketones is 1. The van der Waals surface area contributed by atoms with Crippen LogP contribution < -0.4 is 4.74 Å². The Morgan fingerprint density at radius 3 is 2.44 bits per heavy atom. The molecule has 0 saturated carbocycles. The van der Waals surface area contributed by atoms with Crippen molar-refractivity contribution in [3.05, 3.63) is 126 Å². The molecular weight excluding hydrogens is 505 g/mol. The van der Waals surface area contributed by atoms with Gasteiger partial charge in [-0.1, -0.05) is 48.5 Å². The van der Waals surface area contributed by atoms with Crippen LogP contribution in [0.15, 0.2) is 104 Å². The third kappa shape index (κ3) is 6.38. The molecule has 5 rings (SSSR count). The first kappa shape index (κ1) is 25.8. The fraction of sp³-hybridized carbons (Fsp3) is 0.133. The molecule has 0 amide bonds. The highest BCUT2D eigenvalue weighted by Gasteiger charge is 2.36. The Balaban J connectivity index is 1.27. The Bertz CT molecular complexity index is 1550. The second kappa shape index (κ2) is 11.3. The van der Waals surface area contributed by atoms with Crippen molar-refractivity contribution in [2.75, 3.05) is 6.61 Å². The van der Waals surface area contributed by atoms with Crippen molar-refractivity contribution in [1.29, 1.82) is 0 Å². The number of hydrogen-bond acceptors (Lipinski definition) is 5. The smallest absolute Gasteiger partial charge is 0.433 e. The highest BCUT2D eigenvalue weighted by Crippen LogP contribution is 2.33. The molecular formula is C30H23F3N4O2. The zero-order chi connectivity index (χ0) is 27.2. The Kier molecular flexibility index (Phi) is 7.49. The van der Waals surface area contributed by atoms with Gasteiger partial charge in [-0.15, -0.1) is 0 Å². The molecule has 9 heteroatoms. The van der Waals surface area contributed by atoms with E-state index < -0.39 is 11.9 Å². The van der Waals surface area contributed by atoms with Gasteiger partial charge in [0.25, 0.3) is 0 Å². The fourth-order valence-corrected chi connectivity index (χ4v) is 4.04. The van der Waals surface area contributed by atoms with E-state index in [0.29, 0.717) is 29.0 Å². The van der Waals surface area contributed by atoms with Gasteiger partial charge >= 0.3 is 6.18 Å². The molecule has 0 N–H and O–H groups in total. The number of halogens is 3. The van der Waals surface area contributed by atoms with Crippen LogP contribution >= 0.6 is 0 Å². The predicted molar refractivity (Wildman–Crippen MR) is 140 cm³/mol. The molecule has 3 aromatic heterocycles. The highest BCUT2D eigenvalue weighted by molar-refractivity contribution is 5.97. The second-order valence-corrected chi connectivity index (χ2v) is 8.80. The van der Waals surface area contributed by atoms with Gasteiger partial charge in [0.15, 0.2) is 17.3 Å². The first-order valence-electron chi connectivity index (χ1n) is 12.2. The molecule has 0 aliphatic carbocycles. The minimum atomic E-state index is -4.64. The number of ether oxygens (including phenoxy) is 1. The molecule has 0 unspecified atom stereocenters. The van der Waals surface area contributed by atoms with Gasteiger partial charge in [0.2, 0.25) is 0 Å². The van der Waals surface area contributed by atoms with E-state index in [0.717, 1.165) is 22.7 Å². The van der Waals surface area contributed by atoms with Gasteiger partial charge in [0.05, 0.1) is 12.3 Å². The van der Waals surface area contributed by atoms with Gasteiger partial charge in [-0.25, -0.2) is 9.67 Å². The maximum Gasteiger partial charge on any atom is 0.433 e. The number of nitrogens with zero attached hydrogens (tertiary/aromatic N) is 4. The van der Waals surface area contributed by atoms with Crippen LogP contribution in [0.1, 0.15) is 27.2 Å². The minimum absolute atomic E-state index is 0.0116. The fourth-order valence-electron chi connectivity index (χ4n) is 4.04. The van der Waals surface area contributed by atoms with Crippen LogP contribution in [0.2, 0.25) is 0 Å². The molecule has 0 saturated heterocycles. The Labute approximate surface area is 222 Å². The summed E-state index contributed by atoms with van der Waals surface area (Å²) in [5.41, 5.74) is 1.82. The number of pyridine rings is 2. The topological polar surface area (TPSA) is 69.9 Å². The van der Waals surface area contributed by atoms with Crippen molar-refractivity contribution < 1.29 is 22.7 Å². The van der Waals surface area contributed by atoms with Crippen molar-refractivity contribution in [1.82, 2.24) is 19.7 Å². The quantitative estimate of drug-likeness (QED) is 0.207. The van der Waals surface area contributed by atoms with Crippen LogP contribution in [0.25, 0.3) is 17.1 Å². The molecule has 0 atom stereocenters. The molecule has 196 valence electrons. The lowest BCUT2D eigenvalue weighted by Gasteiger charge is -2.10. The van der Waals surface area contributed by atoms with E-state index in [1.807, 2.05) is 30.3 Å². The Morgan fingerprint density at radius 2 is 1.72 bits per heavy atom. The Morgan fingerprint density at radius 1 is 0.872 bits per heavy atom. The zero-order valence-corrected chi connectivity index (χ0v) is 20.7. The van der Waals surface area contributed by atoms with Crippen LogP contribution in [-0.4, -0.2) is 32.1 Å². The lowest BCUT2D eigenvalue weighted by atomic mass is 10.0. The molecule has 5 aromatic rings. The molecule has 0 fully saturated rings. The summed E-state index contributed by atoms with van der Waals surface area (Å²) in [6, 6.07) is 24.1. The number of hydrogen-bond donors (Lipinski definition) is 0. The SMILES string of the molecule is O=C(Cc1ccc(-n2nc(-c3cccnc3)cc2C(F)(F)F)nc1)c1cccc(OCCc2ccccc2)c1. The van der Waals surface area contributed by atoms with E-state index >= 15 is 0 Å². The molecule has 0 radical (unpaired) electrons. The van der Waals surface area contributed by atoms with Crippen molar-refractivity contribution in [2.45, 2.75) is 19.0 Å². The zero-order valence-electron chi connectivity index (χ0n) is 20.7. The summed E-state index contributed by atoms with van der Waals surface area (Å²) in [7, 11) is 0. The monoisotopic (exact) mass is 528 g/mol. The third-order valence-electron chi connectivity index (χ3n) is 6.01. The van der Waals surface area contributed by atoms with Gasteiger partial charge < -0.3 is 4.74 Å². The average Bonchev–Trinajstić information content (AvgIpc) is 3.41. The third-order valence-corrected chi connectivity index (χ3v) is 6.01. The van der Waals surface area contributed by atoms with E-state index in [2.05, 4.69) is 15.1 Å². The number of rotatable bonds is 9. The molecule has 2 aromatic carbocycles.